The number of anilines is 3. The number of para-hydroxylation sites is 2. The molecule has 0 spiro atoms. The molecule has 0 amide bonds. The quantitative estimate of drug-likeness (QED) is 0.178. The molecule has 0 unspecified atom stereocenters. The van der Waals surface area contributed by atoms with E-state index in [0.29, 0.717) is 0 Å². The van der Waals surface area contributed by atoms with Crippen molar-refractivity contribution in [1.82, 2.24) is 4.57 Å². The largest absolute Gasteiger partial charge is 0.456 e. The van der Waals surface area contributed by atoms with Gasteiger partial charge in [-0.2, -0.15) is 0 Å². The summed E-state index contributed by atoms with van der Waals surface area (Å²) in [6.45, 7) is 0. The summed E-state index contributed by atoms with van der Waals surface area (Å²) in [6.07, 6.45) is 0. The molecule has 10 rings (SSSR count). The number of fused-ring (bicyclic) bond motifs is 6. The molecule has 240 valence electrons. The lowest BCUT2D eigenvalue weighted by Gasteiger charge is -2.26. The fourth-order valence-electron chi connectivity index (χ4n) is 7.65. The van der Waals surface area contributed by atoms with Gasteiger partial charge in [-0.15, -0.1) is 0 Å². The molecule has 2 aromatic heterocycles. The lowest BCUT2D eigenvalue weighted by molar-refractivity contribution is 0.669. The second kappa shape index (κ2) is 11.9. The molecule has 3 nitrogen and oxygen atoms in total. The van der Waals surface area contributed by atoms with Crippen LogP contribution in [0.4, 0.5) is 17.1 Å². The fraction of sp³-hybridized carbons (Fsp3) is 0. The van der Waals surface area contributed by atoms with Crippen molar-refractivity contribution in [2.24, 2.45) is 0 Å². The van der Waals surface area contributed by atoms with Crippen molar-refractivity contribution in [2.45, 2.75) is 0 Å². The van der Waals surface area contributed by atoms with Crippen molar-refractivity contribution in [3.05, 3.63) is 194 Å². The Kier molecular flexibility index (Phi) is 6.81. The minimum atomic E-state index is 0.868. The van der Waals surface area contributed by atoms with Gasteiger partial charge >= 0.3 is 0 Å². The van der Waals surface area contributed by atoms with Gasteiger partial charge < -0.3 is 13.9 Å². The molecular formula is C48H32N2O. The Morgan fingerprint density at radius 2 is 0.980 bits per heavy atom. The van der Waals surface area contributed by atoms with Crippen molar-refractivity contribution < 1.29 is 4.42 Å². The zero-order valence-corrected chi connectivity index (χ0v) is 27.8. The number of aromatic nitrogens is 1. The molecule has 0 N–H and O–H groups in total. The fourth-order valence-corrected chi connectivity index (χ4v) is 7.65. The number of rotatable bonds is 6. The summed E-state index contributed by atoms with van der Waals surface area (Å²) in [5.41, 5.74) is 13.2. The van der Waals surface area contributed by atoms with E-state index >= 15 is 0 Å². The van der Waals surface area contributed by atoms with Crippen molar-refractivity contribution >= 4 is 60.8 Å². The number of nitrogens with zero attached hydrogens (tertiary/aromatic N) is 2. The van der Waals surface area contributed by atoms with Crippen LogP contribution in [0.5, 0.6) is 0 Å². The molecule has 2 heterocycles. The van der Waals surface area contributed by atoms with Gasteiger partial charge in [-0.1, -0.05) is 121 Å². The van der Waals surface area contributed by atoms with Crippen LogP contribution in [-0.4, -0.2) is 4.57 Å². The molecule has 0 aliphatic carbocycles. The summed E-state index contributed by atoms with van der Waals surface area (Å²) in [5.74, 6) is 0. The summed E-state index contributed by atoms with van der Waals surface area (Å²) in [6, 6.07) is 69.2. The van der Waals surface area contributed by atoms with E-state index in [4.69, 9.17) is 4.42 Å². The average molecular weight is 653 g/mol. The normalized spacial score (nSPS) is 11.5. The topological polar surface area (TPSA) is 21.3 Å². The molecule has 0 aliphatic rings. The van der Waals surface area contributed by atoms with E-state index in [1.54, 1.807) is 0 Å². The molecule has 0 radical (unpaired) electrons. The number of furan rings is 1. The predicted molar refractivity (Wildman–Crippen MR) is 214 cm³/mol. The molecule has 10 aromatic rings. The van der Waals surface area contributed by atoms with Crippen LogP contribution < -0.4 is 4.90 Å². The first-order valence-corrected chi connectivity index (χ1v) is 17.4. The van der Waals surface area contributed by atoms with Crippen LogP contribution in [-0.2, 0) is 0 Å². The van der Waals surface area contributed by atoms with Crippen molar-refractivity contribution in [1.29, 1.82) is 0 Å². The van der Waals surface area contributed by atoms with Gasteiger partial charge in [0.2, 0.25) is 0 Å². The minimum absolute atomic E-state index is 0.868. The molecule has 0 fully saturated rings. The van der Waals surface area contributed by atoms with Gasteiger partial charge in [0, 0.05) is 50.4 Å². The highest BCUT2D eigenvalue weighted by Crippen LogP contribution is 2.44. The number of hydrogen-bond donors (Lipinski definition) is 0. The summed E-state index contributed by atoms with van der Waals surface area (Å²) in [5, 5.41) is 4.67. The first-order valence-electron chi connectivity index (χ1n) is 17.4. The second-order valence-corrected chi connectivity index (χ2v) is 13.0. The minimum Gasteiger partial charge on any atom is -0.456 e. The lowest BCUT2D eigenvalue weighted by atomic mass is 9.99. The first kappa shape index (κ1) is 29.1. The third kappa shape index (κ3) is 4.90. The van der Waals surface area contributed by atoms with E-state index in [9.17, 15) is 0 Å². The van der Waals surface area contributed by atoms with Crippen molar-refractivity contribution in [2.75, 3.05) is 4.90 Å². The van der Waals surface area contributed by atoms with Crippen molar-refractivity contribution in [3.8, 4) is 27.9 Å². The highest BCUT2D eigenvalue weighted by molar-refractivity contribution is 6.17. The summed E-state index contributed by atoms with van der Waals surface area (Å²) < 4.78 is 8.80. The maximum absolute atomic E-state index is 6.41. The smallest absolute Gasteiger partial charge is 0.137 e. The van der Waals surface area contributed by atoms with Crippen LogP contribution in [0.2, 0.25) is 0 Å². The van der Waals surface area contributed by atoms with Crippen LogP contribution in [0.25, 0.3) is 71.7 Å². The maximum atomic E-state index is 6.41. The van der Waals surface area contributed by atoms with E-state index in [0.717, 1.165) is 50.2 Å². The number of hydrogen-bond acceptors (Lipinski definition) is 2. The van der Waals surface area contributed by atoms with Crippen LogP contribution in [0.1, 0.15) is 0 Å². The van der Waals surface area contributed by atoms with Crippen LogP contribution in [0, 0.1) is 0 Å². The Hall–Kier alpha value is -6.84. The zero-order chi connectivity index (χ0) is 33.7. The van der Waals surface area contributed by atoms with Gasteiger partial charge in [-0.25, -0.2) is 0 Å². The SMILES string of the molecule is c1ccc(-c2ccc(N(c3ccc4c(c3)oc3ccccc34)c3ccc4c(c3)c3c(-c5ccccc5)cccc3n4-c3ccccc3)cc2)cc1. The molecule has 0 saturated heterocycles. The summed E-state index contributed by atoms with van der Waals surface area (Å²) in [7, 11) is 0. The zero-order valence-electron chi connectivity index (χ0n) is 27.8. The predicted octanol–water partition coefficient (Wildman–Crippen LogP) is 13.5. The Morgan fingerprint density at radius 3 is 1.76 bits per heavy atom. The van der Waals surface area contributed by atoms with Crippen molar-refractivity contribution in [3.63, 3.8) is 0 Å². The monoisotopic (exact) mass is 652 g/mol. The van der Waals surface area contributed by atoms with Gasteiger partial charge in [0.1, 0.15) is 11.2 Å². The Labute approximate surface area is 295 Å². The van der Waals surface area contributed by atoms with E-state index in [-0.39, 0.29) is 0 Å². The average Bonchev–Trinajstić information content (AvgIpc) is 3.74. The van der Waals surface area contributed by atoms with Gasteiger partial charge in [0.25, 0.3) is 0 Å². The van der Waals surface area contributed by atoms with Crippen LogP contribution >= 0.6 is 0 Å². The van der Waals surface area contributed by atoms with E-state index < -0.39 is 0 Å². The third-order valence-electron chi connectivity index (χ3n) is 9.98. The van der Waals surface area contributed by atoms with Crippen LogP contribution in [0.15, 0.2) is 199 Å². The first-order chi connectivity index (χ1) is 25.3. The van der Waals surface area contributed by atoms with E-state index in [1.165, 1.54) is 38.5 Å². The molecule has 3 heteroatoms. The Bertz CT molecular complexity index is 2830. The van der Waals surface area contributed by atoms with Gasteiger partial charge in [0.15, 0.2) is 0 Å². The molecule has 8 aromatic carbocycles. The molecule has 51 heavy (non-hydrogen) atoms. The van der Waals surface area contributed by atoms with Gasteiger partial charge in [-0.3, -0.25) is 0 Å². The lowest BCUT2D eigenvalue weighted by Crippen LogP contribution is -2.09. The van der Waals surface area contributed by atoms with E-state index in [2.05, 4.69) is 191 Å². The molecular weight excluding hydrogens is 621 g/mol. The highest BCUT2D eigenvalue weighted by Gasteiger charge is 2.20. The second-order valence-electron chi connectivity index (χ2n) is 13.0. The van der Waals surface area contributed by atoms with Gasteiger partial charge in [-0.05, 0) is 89.0 Å². The molecule has 0 aliphatic heterocycles. The van der Waals surface area contributed by atoms with Gasteiger partial charge in [0.05, 0.1) is 11.0 Å². The molecule has 0 saturated carbocycles. The molecule has 0 atom stereocenters. The molecule has 0 bridgehead atoms. The standard InChI is InChI=1S/C48H32N2O/c1-4-13-33(14-5-1)34-23-25-37(26-24-34)49(39-27-29-42-41-19-10-11-22-46(41)51-47(42)32-39)38-28-30-44-43(31-38)48-40(35-15-6-2-7-16-35)20-12-21-45(48)50(44)36-17-8-3-9-18-36/h1-32H. The third-order valence-corrected chi connectivity index (χ3v) is 9.98. The van der Waals surface area contributed by atoms with Crippen LogP contribution in [0.3, 0.4) is 0 Å². The Morgan fingerprint density at radius 1 is 0.373 bits per heavy atom. The number of benzene rings is 8. The maximum Gasteiger partial charge on any atom is 0.137 e. The Balaban J connectivity index is 1.22. The highest BCUT2D eigenvalue weighted by atomic mass is 16.3. The summed E-state index contributed by atoms with van der Waals surface area (Å²) in [4.78, 5) is 2.34. The van der Waals surface area contributed by atoms with E-state index in [1.807, 2.05) is 12.1 Å². The summed E-state index contributed by atoms with van der Waals surface area (Å²) >= 11 is 0.